The van der Waals surface area contributed by atoms with Gasteiger partial charge in [0.1, 0.15) is 0 Å². The quantitative estimate of drug-likeness (QED) is 0.897. The molecule has 0 spiro atoms. The molecule has 0 aromatic heterocycles. The zero-order chi connectivity index (χ0) is 15.4. The molecule has 1 N–H and O–H groups in total. The normalized spacial score (nSPS) is 22.9. The summed E-state index contributed by atoms with van der Waals surface area (Å²) in [5.41, 5.74) is 2.35. The van der Waals surface area contributed by atoms with E-state index in [0.717, 1.165) is 36.8 Å². The van der Waals surface area contributed by atoms with Gasteiger partial charge in [-0.05, 0) is 30.0 Å². The third kappa shape index (κ3) is 4.35. The first kappa shape index (κ1) is 16.6. The molecule has 4 heteroatoms. The van der Waals surface area contributed by atoms with Crippen molar-refractivity contribution < 1.29 is 4.74 Å². The maximum absolute atomic E-state index is 6.50. The molecule has 0 saturated carbocycles. The van der Waals surface area contributed by atoms with Gasteiger partial charge in [-0.15, -0.1) is 0 Å². The van der Waals surface area contributed by atoms with Crippen LogP contribution >= 0.6 is 11.6 Å². The Kier molecular flexibility index (Phi) is 5.91. The molecule has 1 aromatic carbocycles. The second kappa shape index (κ2) is 7.48. The molecule has 3 nitrogen and oxygen atoms in total. The van der Waals surface area contributed by atoms with Crippen LogP contribution in [0.2, 0.25) is 5.02 Å². The topological polar surface area (TPSA) is 24.5 Å². The maximum atomic E-state index is 6.50. The van der Waals surface area contributed by atoms with Gasteiger partial charge in [-0.3, -0.25) is 0 Å². The standard InChI is InChI=1S/C17H27ClN2O/c1-12(2)19-10-14-5-6-16(15(18)9-14)20-8-7-13(3)17(11-20)21-4/h5-6,9,12-13,17,19H,7-8,10-11H2,1-4H3. The van der Waals surface area contributed by atoms with Crippen molar-refractivity contribution in [3.8, 4) is 0 Å². The van der Waals surface area contributed by atoms with Crippen LogP contribution in [-0.4, -0.2) is 32.3 Å². The van der Waals surface area contributed by atoms with Gasteiger partial charge in [-0.2, -0.15) is 0 Å². The Bertz CT molecular complexity index is 464. The SMILES string of the molecule is COC1CN(c2ccc(CNC(C)C)cc2Cl)CCC1C. The van der Waals surface area contributed by atoms with E-state index in [9.17, 15) is 0 Å². The molecule has 1 aromatic rings. The summed E-state index contributed by atoms with van der Waals surface area (Å²) in [7, 11) is 1.80. The monoisotopic (exact) mass is 310 g/mol. The van der Waals surface area contributed by atoms with Crippen LogP contribution in [0, 0.1) is 5.92 Å². The van der Waals surface area contributed by atoms with Crippen LogP contribution in [0.25, 0.3) is 0 Å². The van der Waals surface area contributed by atoms with Crippen molar-refractivity contribution in [1.29, 1.82) is 0 Å². The zero-order valence-electron chi connectivity index (χ0n) is 13.5. The third-order valence-electron chi connectivity index (χ3n) is 4.26. The van der Waals surface area contributed by atoms with Crippen molar-refractivity contribution in [2.24, 2.45) is 5.92 Å². The predicted molar refractivity (Wildman–Crippen MR) is 90.2 cm³/mol. The molecule has 0 aliphatic carbocycles. The van der Waals surface area contributed by atoms with E-state index in [4.69, 9.17) is 16.3 Å². The summed E-state index contributed by atoms with van der Waals surface area (Å²) in [6, 6.07) is 6.86. The molecule has 0 radical (unpaired) electrons. The highest BCUT2D eigenvalue weighted by Gasteiger charge is 2.27. The van der Waals surface area contributed by atoms with Gasteiger partial charge in [0.15, 0.2) is 0 Å². The van der Waals surface area contributed by atoms with Crippen LogP contribution in [0.3, 0.4) is 0 Å². The minimum atomic E-state index is 0.289. The van der Waals surface area contributed by atoms with Gasteiger partial charge >= 0.3 is 0 Å². The highest BCUT2D eigenvalue weighted by atomic mass is 35.5. The summed E-state index contributed by atoms with van der Waals surface area (Å²) in [6.45, 7) is 9.38. The molecule has 2 unspecified atom stereocenters. The van der Waals surface area contributed by atoms with Gasteiger partial charge in [-0.1, -0.05) is 38.4 Å². The van der Waals surface area contributed by atoms with E-state index < -0.39 is 0 Å². The molecule has 2 atom stereocenters. The number of hydrogen-bond donors (Lipinski definition) is 1. The largest absolute Gasteiger partial charge is 0.379 e. The highest BCUT2D eigenvalue weighted by molar-refractivity contribution is 6.33. The van der Waals surface area contributed by atoms with E-state index >= 15 is 0 Å². The molecule has 118 valence electrons. The van der Waals surface area contributed by atoms with E-state index in [1.165, 1.54) is 5.56 Å². The molecule has 1 aliphatic rings. The van der Waals surface area contributed by atoms with Crippen molar-refractivity contribution >= 4 is 17.3 Å². The van der Waals surface area contributed by atoms with E-state index in [0.29, 0.717) is 12.0 Å². The van der Waals surface area contributed by atoms with Crippen LogP contribution in [0.15, 0.2) is 18.2 Å². The van der Waals surface area contributed by atoms with Crippen molar-refractivity contribution in [2.45, 2.75) is 45.9 Å². The molecule has 21 heavy (non-hydrogen) atoms. The van der Waals surface area contributed by atoms with Crippen molar-refractivity contribution in [3.05, 3.63) is 28.8 Å². The van der Waals surface area contributed by atoms with Crippen LogP contribution < -0.4 is 10.2 Å². The Labute approximate surface area is 133 Å². The minimum Gasteiger partial charge on any atom is -0.379 e. The highest BCUT2D eigenvalue weighted by Crippen LogP contribution is 2.31. The summed E-state index contributed by atoms with van der Waals surface area (Å²) < 4.78 is 5.59. The molecule has 1 saturated heterocycles. The fourth-order valence-electron chi connectivity index (χ4n) is 2.80. The van der Waals surface area contributed by atoms with E-state index in [2.05, 4.69) is 49.2 Å². The lowest BCUT2D eigenvalue weighted by Gasteiger charge is -2.38. The number of methoxy groups -OCH3 is 1. The average Bonchev–Trinajstić information content (AvgIpc) is 2.46. The van der Waals surface area contributed by atoms with Gasteiger partial charge in [-0.25, -0.2) is 0 Å². The number of ether oxygens (including phenoxy) is 1. The molecule has 0 amide bonds. The van der Waals surface area contributed by atoms with E-state index in [1.54, 1.807) is 7.11 Å². The summed E-state index contributed by atoms with van der Waals surface area (Å²) in [4.78, 5) is 2.34. The fourth-order valence-corrected chi connectivity index (χ4v) is 3.12. The average molecular weight is 311 g/mol. The number of piperidine rings is 1. The first-order valence-corrected chi connectivity index (χ1v) is 8.18. The number of anilines is 1. The number of rotatable bonds is 5. The Morgan fingerprint density at radius 3 is 2.81 bits per heavy atom. The number of nitrogens with zero attached hydrogens (tertiary/aromatic N) is 1. The lowest BCUT2D eigenvalue weighted by Crippen LogP contribution is -2.44. The number of hydrogen-bond acceptors (Lipinski definition) is 3. The van der Waals surface area contributed by atoms with Gasteiger partial charge in [0, 0.05) is 32.8 Å². The van der Waals surface area contributed by atoms with Crippen molar-refractivity contribution in [1.82, 2.24) is 5.32 Å². The first-order valence-electron chi connectivity index (χ1n) is 7.80. The third-order valence-corrected chi connectivity index (χ3v) is 4.56. The van der Waals surface area contributed by atoms with Gasteiger partial charge in [0.2, 0.25) is 0 Å². The molecule has 2 rings (SSSR count). The summed E-state index contributed by atoms with van der Waals surface area (Å²) in [5, 5.41) is 4.25. The lowest BCUT2D eigenvalue weighted by molar-refractivity contribution is 0.0498. The van der Waals surface area contributed by atoms with Gasteiger partial charge in [0.25, 0.3) is 0 Å². The van der Waals surface area contributed by atoms with E-state index in [-0.39, 0.29) is 6.10 Å². The number of benzene rings is 1. The van der Waals surface area contributed by atoms with E-state index in [1.807, 2.05) is 0 Å². The van der Waals surface area contributed by atoms with Crippen LogP contribution in [0.4, 0.5) is 5.69 Å². The van der Waals surface area contributed by atoms with Gasteiger partial charge < -0.3 is 15.0 Å². The Hall–Kier alpha value is -0.770. The Morgan fingerprint density at radius 2 is 2.19 bits per heavy atom. The predicted octanol–water partition coefficient (Wildman–Crippen LogP) is 3.70. The second-order valence-electron chi connectivity index (χ2n) is 6.31. The van der Waals surface area contributed by atoms with Crippen molar-refractivity contribution in [3.63, 3.8) is 0 Å². The molecule has 0 bridgehead atoms. The summed E-state index contributed by atoms with van der Waals surface area (Å²) >= 11 is 6.50. The fraction of sp³-hybridized carbons (Fsp3) is 0.647. The lowest BCUT2D eigenvalue weighted by atomic mass is 9.95. The Morgan fingerprint density at radius 1 is 1.43 bits per heavy atom. The van der Waals surface area contributed by atoms with Crippen LogP contribution in [0.1, 0.15) is 32.8 Å². The summed E-state index contributed by atoms with van der Waals surface area (Å²) in [6.07, 6.45) is 1.43. The second-order valence-corrected chi connectivity index (χ2v) is 6.71. The van der Waals surface area contributed by atoms with Gasteiger partial charge in [0.05, 0.1) is 16.8 Å². The number of halogens is 1. The molecular formula is C17H27ClN2O. The first-order chi connectivity index (χ1) is 10.0. The minimum absolute atomic E-state index is 0.289. The van der Waals surface area contributed by atoms with Crippen molar-refractivity contribution in [2.75, 3.05) is 25.1 Å². The number of nitrogens with one attached hydrogen (secondary N) is 1. The molecule has 1 aliphatic heterocycles. The molecule has 1 heterocycles. The molecular weight excluding hydrogens is 284 g/mol. The molecule has 1 fully saturated rings. The van der Waals surface area contributed by atoms with Crippen LogP contribution in [-0.2, 0) is 11.3 Å². The zero-order valence-corrected chi connectivity index (χ0v) is 14.3. The van der Waals surface area contributed by atoms with Crippen LogP contribution in [0.5, 0.6) is 0 Å². The smallest absolute Gasteiger partial charge is 0.0772 e. The summed E-state index contributed by atoms with van der Waals surface area (Å²) in [5.74, 6) is 0.611. The maximum Gasteiger partial charge on any atom is 0.0772 e. The Balaban J connectivity index is 2.06.